The Morgan fingerprint density at radius 1 is 1.32 bits per heavy atom. The van der Waals surface area contributed by atoms with Crippen molar-refractivity contribution in [2.24, 2.45) is 0 Å². The molecule has 0 unspecified atom stereocenters. The van der Waals surface area contributed by atoms with Gasteiger partial charge in [0.25, 0.3) is 0 Å². The van der Waals surface area contributed by atoms with E-state index in [0.29, 0.717) is 15.1 Å². The number of aliphatic carboxylic acids is 1. The summed E-state index contributed by atoms with van der Waals surface area (Å²) in [5.41, 5.74) is 0.972. The van der Waals surface area contributed by atoms with Crippen molar-refractivity contribution in [2.75, 3.05) is 6.54 Å². The van der Waals surface area contributed by atoms with E-state index in [4.69, 9.17) is 34.0 Å². The number of hydrogen-bond acceptors (Lipinski definition) is 5. The van der Waals surface area contributed by atoms with Crippen LogP contribution >= 0.6 is 52.1 Å². The number of thiocarbonyl (C=S) groups is 2. The highest BCUT2D eigenvalue weighted by molar-refractivity contribution is 9.10. The summed E-state index contributed by atoms with van der Waals surface area (Å²) in [6, 6.07) is 11.6. The Morgan fingerprint density at radius 2 is 2.12 bits per heavy atom. The lowest BCUT2D eigenvalue weighted by Crippen LogP contribution is -2.29. The third kappa shape index (κ3) is 4.38. The zero-order valence-corrected chi connectivity index (χ0v) is 16.8. The summed E-state index contributed by atoms with van der Waals surface area (Å²) in [6.07, 6.45) is 1.82. The molecule has 3 rings (SSSR count). The maximum absolute atomic E-state index is 10.8. The van der Waals surface area contributed by atoms with E-state index in [0.717, 1.165) is 20.7 Å². The molecule has 1 fully saturated rings. The Kier molecular flexibility index (Phi) is 5.73. The van der Waals surface area contributed by atoms with E-state index in [2.05, 4.69) is 15.9 Å². The summed E-state index contributed by atoms with van der Waals surface area (Å²) in [4.78, 5) is 13.8. The van der Waals surface area contributed by atoms with Crippen molar-refractivity contribution >= 4 is 73.5 Å². The molecule has 1 N–H and O–H groups in total. The molecule has 1 aromatic heterocycles. The summed E-state index contributed by atoms with van der Waals surface area (Å²) in [5.74, 6) is 0.549. The summed E-state index contributed by atoms with van der Waals surface area (Å²) in [6.45, 7) is 0.277. The third-order valence-electron chi connectivity index (χ3n) is 3.43. The van der Waals surface area contributed by atoms with Crippen molar-refractivity contribution in [3.8, 4) is 11.3 Å². The van der Waals surface area contributed by atoms with Crippen LogP contribution in [-0.2, 0) is 4.79 Å². The van der Waals surface area contributed by atoms with Gasteiger partial charge in [0.2, 0.25) is 0 Å². The Labute approximate surface area is 168 Å². The largest absolute Gasteiger partial charge is 0.481 e. The number of rotatable bonds is 5. The van der Waals surface area contributed by atoms with Gasteiger partial charge in [-0.3, -0.25) is 4.79 Å². The number of halogens is 1. The second-order valence-electron chi connectivity index (χ2n) is 5.19. The first-order valence-corrected chi connectivity index (χ1v) is 9.69. The van der Waals surface area contributed by atoms with Crippen molar-refractivity contribution < 1.29 is 14.3 Å². The number of thioether (sulfide) groups is 1. The van der Waals surface area contributed by atoms with Gasteiger partial charge in [-0.05, 0) is 30.3 Å². The van der Waals surface area contributed by atoms with E-state index in [9.17, 15) is 4.79 Å². The summed E-state index contributed by atoms with van der Waals surface area (Å²) >= 11 is 15.5. The summed E-state index contributed by atoms with van der Waals surface area (Å²) in [7, 11) is 0. The first-order chi connectivity index (χ1) is 11.9. The second kappa shape index (κ2) is 7.82. The van der Waals surface area contributed by atoms with Gasteiger partial charge in [0.15, 0.2) is 0 Å². The average Bonchev–Trinajstić information content (AvgIpc) is 3.12. The summed E-state index contributed by atoms with van der Waals surface area (Å²) in [5, 5.41) is 8.82. The van der Waals surface area contributed by atoms with Gasteiger partial charge in [-0.2, -0.15) is 0 Å². The number of furan rings is 1. The fourth-order valence-corrected chi connectivity index (χ4v) is 4.44. The Hall–Kier alpha value is -1.48. The minimum absolute atomic E-state index is 0.0120. The highest BCUT2D eigenvalue weighted by atomic mass is 79.9. The van der Waals surface area contributed by atoms with Crippen LogP contribution in [0.5, 0.6) is 0 Å². The standard InChI is InChI=1S/C17H12BrNO3S3/c18-11-3-1-2-10(8-11)13-5-4-12(22-13)9-14-16(23)19(17(24)25-14)7-6-15(20)21/h1-5,8-9H,6-7H2,(H,20,21). The molecule has 1 aromatic carbocycles. The van der Waals surface area contributed by atoms with Crippen LogP contribution in [0.2, 0.25) is 0 Å². The lowest BCUT2D eigenvalue weighted by Gasteiger charge is -2.14. The van der Waals surface area contributed by atoms with E-state index in [1.807, 2.05) is 42.5 Å². The minimum Gasteiger partial charge on any atom is -0.481 e. The SMILES string of the molecule is O=C(O)CCN1C(=S)SC(=Cc2ccc(-c3cccc(Br)c3)o2)C1=S. The van der Waals surface area contributed by atoms with Gasteiger partial charge in [-0.25, -0.2) is 0 Å². The zero-order chi connectivity index (χ0) is 18.0. The third-order valence-corrected chi connectivity index (χ3v) is 5.89. The molecule has 0 atom stereocenters. The number of hydrogen-bond donors (Lipinski definition) is 1. The Balaban J connectivity index is 1.79. The molecule has 1 aliphatic heterocycles. The maximum Gasteiger partial charge on any atom is 0.305 e. The molecule has 4 nitrogen and oxygen atoms in total. The molecular weight excluding hydrogens is 442 g/mol. The van der Waals surface area contributed by atoms with Crippen LogP contribution in [0.25, 0.3) is 17.4 Å². The minimum atomic E-state index is -0.877. The number of nitrogens with zero attached hydrogens (tertiary/aromatic N) is 1. The van der Waals surface area contributed by atoms with Crippen LogP contribution in [0, 0.1) is 0 Å². The van der Waals surface area contributed by atoms with Crippen LogP contribution in [0.1, 0.15) is 12.2 Å². The smallest absolute Gasteiger partial charge is 0.305 e. The predicted molar refractivity (Wildman–Crippen MR) is 112 cm³/mol. The predicted octanol–water partition coefficient (Wildman–Crippen LogP) is 5.19. The van der Waals surface area contributed by atoms with Crippen LogP contribution in [0.3, 0.4) is 0 Å². The van der Waals surface area contributed by atoms with Gasteiger partial charge in [0.1, 0.15) is 20.8 Å². The summed E-state index contributed by atoms with van der Waals surface area (Å²) < 4.78 is 7.42. The molecule has 0 saturated carbocycles. The van der Waals surface area contributed by atoms with Gasteiger partial charge >= 0.3 is 5.97 Å². The molecule has 2 heterocycles. The highest BCUT2D eigenvalue weighted by Gasteiger charge is 2.29. The fourth-order valence-electron chi connectivity index (χ4n) is 2.26. The molecule has 128 valence electrons. The highest BCUT2D eigenvalue weighted by Crippen LogP contribution is 2.34. The van der Waals surface area contributed by atoms with Crippen molar-refractivity contribution in [2.45, 2.75) is 6.42 Å². The first kappa shape index (κ1) is 18.3. The van der Waals surface area contributed by atoms with Crippen molar-refractivity contribution in [1.82, 2.24) is 4.90 Å². The zero-order valence-electron chi connectivity index (χ0n) is 12.8. The van der Waals surface area contributed by atoms with Gasteiger partial charge in [0.05, 0.1) is 11.3 Å². The monoisotopic (exact) mass is 453 g/mol. The van der Waals surface area contributed by atoms with E-state index in [1.165, 1.54) is 11.8 Å². The molecule has 1 saturated heterocycles. The van der Waals surface area contributed by atoms with Crippen LogP contribution in [0.4, 0.5) is 0 Å². The van der Waals surface area contributed by atoms with Gasteiger partial charge in [-0.15, -0.1) is 0 Å². The Bertz CT molecular complexity index is 891. The van der Waals surface area contributed by atoms with Crippen molar-refractivity contribution in [1.29, 1.82) is 0 Å². The molecule has 1 aliphatic rings. The fraction of sp³-hybridized carbons (Fsp3) is 0.118. The molecule has 0 amide bonds. The number of benzene rings is 1. The number of carboxylic acid groups (broad SMARTS) is 1. The molecule has 2 aromatic rings. The quantitative estimate of drug-likeness (QED) is 0.493. The lowest BCUT2D eigenvalue weighted by atomic mass is 10.2. The lowest BCUT2D eigenvalue weighted by molar-refractivity contribution is -0.137. The molecule has 0 spiro atoms. The normalized spacial score (nSPS) is 16.0. The maximum atomic E-state index is 10.8. The molecule has 8 heteroatoms. The molecule has 25 heavy (non-hydrogen) atoms. The van der Waals surface area contributed by atoms with E-state index in [-0.39, 0.29) is 13.0 Å². The van der Waals surface area contributed by atoms with E-state index >= 15 is 0 Å². The number of carboxylic acids is 1. The van der Waals surface area contributed by atoms with E-state index < -0.39 is 5.97 Å². The van der Waals surface area contributed by atoms with Crippen molar-refractivity contribution in [3.05, 3.63) is 51.5 Å². The van der Waals surface area contributed by atoms with Gasteiger partial charge in [-0.1, -0.05) is 64.3 Å². The second-order valence-corrected chi connectivity index (χ2v) is 8.17. The molecular formula is C17H12BrNO3S3. The molecule has 0 radical (unpaired) electrons. The molecule has 0 aliphatic carbocycles. The Morgan fingerprint density at radius 3 is 2.84 bits per heavy atom. The molecule has 0 bridgehead atoms. The first-order valence-electron chi connectivity index (χ1n) is 7.27. The van der Waals surface area contributed by atoms with Crippen LogP contribution in [-0.4, -0.2) is 31.8 Å². The van der Waals surface area contributed by atoms with Gasteiger partial charge < -0.3 is 14.4 Å². The topological polar surface area (TPSA) is 53.7 Å². The average molecular weight is 454 g/mol. The van der Waals surface area contributed by atoms with Gasteiger partial charge in [0, 0.05) is 16.6 Å². The van der Waals surface area contributed by atoms with Crippen molar-refractivity contribution in [3.63, 3.8) is 0 Å². The van der Waals surface area contributed by atoms with E-state index in [1.54, 1.807) is 4.90 Å². The van der Waals surface area contributed by atoms with Crippen LogP contribution in [0.15, 0.2) is 50.2 Å². The number of carbonyl (C=O) groups is 1. The van der Waals surface area contributed by atoms with Crippen LogP contribution < -0.4 is 0 Å².